The fraction of sp³-hybridized carbons (Fsp3) is 0.889. The molecule has 2 aliphatic rings. The van der Waals surface area contributed by atoms with E-state index in [2.05, 4.69) is 10.6 Å². The summed E-state index contributed by atoms with van der Waals surface area (Å²) in [6.07, 6.45) is 2.17. The third-order valence-electron chi connectivity index (χ3n) is 2.69. The first-order valence-electron chi connectivity index (χ1n) is 4.97. The van der Waals surface area contributed by atoms with Crippen molar-refractivity contribution >= 4 is 6.03 Å². The van der Waals surface area contributed by atoms with Crippen molar-refractivity contribution in [2.45, 2.75) is 18.9 Å². The largest absolute Gasteiger partial charge is 0.396 e. The maximum atomic E-state index is 11.3. The van der Waals surface area contributed by atoms with Crippen LogP contribution in [-0.2, 0) is 4.74 Å². The van der Waals surface area contributed by atoms with Crippen molar-refractivity contribution in [3.63, 3.8) is 0 Å². The van der Waals surface area contributed by atoms with Crippen LogP contribution >= 0.6 is 0 Å². The van der Waals surface area contributed by atoms with Gasteiger partial charge < -0.3 is 20.5 Å². The minimum Gasteiger partial charge on any atom is -0.396 e. The second kappa shape index (κ2) is 3.74. The standard InChI is InChI=1S/C9H16N2O3/c12-4-9(5-14-6-9)3-10-8(13)11-7-1-2-7/h7,12H,1-6H2,(H2,10,11,13). The van der Waals surface area contributed by atoms with Gasteiger partial charge in [0.05, 0.1) is 25.2 Å². The van der Waals surface area contributed by atoms with Crippen LogP contribution in [0.1, 0.15) is 12.8 Å². The number of carbonyl (C=O) groups is 1. The molecule has 2 rings (SSSR count). The van der Waals surface area contributed by atoms with Gasteiger partial charge in [-0.15, -0.1) is 0 Å². The maximum absolute atomic E-state index is 11.3. The Morgan fingerprint density at radius 1 is 1.50 bits per heavy atom. The number of carbonyl (C=O) groups excluding carboxylic acids is 1. The van der Waals surface area contributed by atoms with Crippen LogP contribution in [0.5, 0.6) is 0 Å². The Bertz CT molecular complexity index is 219. The quantitative estimate of drug-likeness (QED) is 0.570. The summed E-state index contributed by atoms with van der Waals surface area (Å²) in [5.41, 5.74) is -0.235. The van der Waals surface area contributed by atoms with E-state index in [4.69, 9.17) is 9.84 Å². The first kappa shape index (κ1) is 9.73. The van der Waals surface area contributed by atoms with Crippen LogP contribution in [0.2, 0.25) is 0 Å². The molecule has 0 aromatic rings. The summed E-state index contributed by atoms with van der Waals surface area (Å²) in [7, 11) is 0. The van der Waals surface area contributed by atoms with E-state index >= 15 is 0 Å². The zero-order valence-corrected chi connectivity index (χ0v) is 8.08. The van der Waals surface area contributed by atoms with Gasteiger partial charge in [0, 0.05) is 12.6 Å². The van der Waals surface area contributed by atoms with Crippen LogP contribution in [0.3, 0.4) is 0 Å². The topological polar surface area (TPSA) is 70.6 Å². The lowest BCUT2D eigenvalue weighted by Gasteiger charge is -2.39. The summed E-state index contributed by atoms with van der Waals surface area (Å²) in [5, 5.41) is 14.7. The van der Waals surface area contributed by atoms with Gasteiger partial charge in [0.2, 0.25) is 0 Å². The second-order valence-electron chi connectivity index (χ2n) is 4.25. The lowest BCUT2D eigenvalue weighted by molar-refractivity contribution is -0.132. The van der Waals surface area contributed by atoms with Crippen LogP contribution < -0.4 is 10.6 Å². The molecule has 0 spiro atoms. The number of aliphatic hydroxyl groups is 1. The minimum atomic E-state index is -0.235. The summed E-state index contributed by atoms with van der Waals surface area (Å²) in [4.78, 5) is 11.3. The summed E-state index contributed by atoms with van der Waals surface area (Å²) < 4.78 is 5.02. The van der Waals surface area contributed by atoms with E-state index in [1.54, 1.807) is 0 Å². The van der Waals surface area contributed by atoms with Gasteiger partial charge in [0.15, 0.2) is 0 Å². The Balaban J connectivity index is 1.67. The molecule has 0 bridgehead atoms. The van der Waals surface area contributed by atoms with Crippen LogP contribution in [-0.4, -0.2) is 43.5 Å². The molecular weight excluding hydrogens is 184 g/mol. The molecular formula is C9H16N2O3. The Morgan fingerprint density at radius 2 is 2.21 bits per heavy atom. The number of nitrogens with one attached hydrogen (secondary N) is 2. The molecule has 3 N–H and O–H groups in total. The fourth-order valence-electron chi connectivity index (χ4n) is 1.37. The van der Waals surface area contributed by atoms with Crippen LogP contribution in [0.4, 0.5) is 4.79 Å². The number of aliphatic hydroxyl groups excluding tert-OH is 1. The monoisotopic (exact) mass is 200 g/mol. The molecule has 1 saturated heterocycles. The molecule has 80 valence electrons. The van der Waals surface area contributed by atoms with Gasteiger partial charge in [0.1, 0.15) is 0 Å². The molecule has 5 nitrogen and oxygen atoms in total. The smallest absolute Gasteiger partial charge is 0.315 e. The van der Waals surface area contributed by atoms with Crippen molar-refractivity contribution in [1.82, 2.24) is 10.6 Å². The van der Waals surface area contributed by atoms with Crippen LogP contribution in [0, 0.1) is 5.41 Å². The molecule has 5 heteroatoms. The minimum absolute atomic E-state index is 0.0662. The number of amides is 2. The van der Waals surface area contributed by atoms with Crippen molar-refractivity contribution < 1.29 is 14.6 Å². The average molecular weight is 200 g/mol. The Hall–Kier alpha value is -0.810. The van der Waals surface area contributed by atoms with Gasteiger partial charge in [-0.25, -0.2) is 4.79 Å². The van der Waals surface area contributed by atoms with Crippen molar-refractivity contribution in [1.29, 1.82) is 0 Å². The number of ether oxygens (including phenoxy) is 1. The first-order chi connectivity index (χ1) is 6.74. The molecule has 1 aliphatic carbocycles. The predicted molar refractivity (Wildman–Crippen MR) is 49.9 cm³/mol. The summed E-state index contributed by atoms with van der Waals surface area (Å²) in [6, 6.07) is 0.241. The van der Waals surface area contributed by atoms with E-state index in [-0.39, 0.29) is 18.1 Å². The summed E-state index contributed by atoms with van der Waals surface area (Å²) in [5.74, 6) is 0. The molecule has 2 amide bonds. The van der Waals surface area contributed by atoms with E-state index in [0.29, 0.717) is 25.8 Å². The highest BCUT2D eigenvalue weighted by Crippen LogP contribution is 2.25. The lowest BCUT2D eigenvalue weighted by Crippen LogP contribution is -2.54. The van der Waals surface area contributed by atoms with E-state index in [1.807, 2.05) is 0 Å². The van der Waals surface area contributed by atoms with E-state index < -0.39 is 0 Å². The Morgan fingerprint density at radius 3 is 2.64 bits per heavy atom. The molecule has 14 heavy (non-hydrogen) atoms. The summed E-state index contributed by atoms with van der Waals surface area (Å²) >= 11 is 0. The van der Waals surface area contributed by atoms with Gasteiger partial charge >= 0.3 is 6.03 Å². The molecule has 0 unspecified atom stereocenters. The van der Waals surface area contributed by atoms with Crippen molar-refractivity contribution in [3.8, 4) is 0 Å². The SMILES string of the molecule is O=C(NCC1(CO)COC1)NC1CC1. The number of hydrogen-bond acceptors (Lipinski definition) is 3. The van der Waals surface area contributed by atoms with E-state index in [1.165, 1.54) is 0 Å². The molecule has 1 heterocycles. The van der Waals surface area contributed by atoms with E-state index in [9.17, 15) is 4.79 Å². The highest BCUT2D eigenvalue weighted by atomic mass is 16.5. The second-order valence-corrected chi connectivity index (χ2v) is 4.25. The molecule has 2 fully saturated rings. The van der Waals surface area contributed by atoms with Crippen LogP contribution in [0.15, 0.2) is 0 Å². The molecule has 0 radical (unpaired) electrons. The molecule has 0 aromatic heterocycles. The highest BCUT2D eigenvalue weighted by molar-refractivity contribution is 5.74. The summed E-state index contributed by atoms with van der Waals surface area (Å²) in [6.45, 7) is 1.62. The first-order valence-corrected chi connectivity index (χ1v) is 4.97. The van der Waals surface area contributed by atoms with Crippen molar-refractivity contribution in [2.24, 2.45) is 5.41 Å². The predicted octanol–water partition coefficient (Wildman–Crippen LogP) is -0.543. The lowest BCUT2D eigenvalue weighted by atomic mass is 9.87. The fourth-order valence-corrected chi connectivity index (χ4v) is 1.37. The van der Waals surface area contributed by atoms with Gasteiger partial charge in [0.25, 0.3) is 0 Å². The van der Waals surface area contributed by atoms with E-state index in [0.717, 1.165) is 12.8 Å². The molecule has 1 aliphatic heterocycles. The zero-order valence-electron chi connectivity index (χ0n) is 8.08. The maximum Gasteiger partial charge on any atom is 0.315 e. The van der Waals surface area contributed by atoms with Crippen LogP contribution in [0.25, 0.3) is 0 Å². The Kier molecular flexibility index (Phi) is 2.60. The average Bonchev–Trinajstić information content (AvgIpc) is 2.87. The van der Waals surface area contributed by atoms with Crippen molar-refractivity contribution in [2.75, 3.05) is 26.4 Å². The van der Waals surface area contributed by atoms with Gasteiger partial charge in [-0.2, -0.15) is 0 Å². The number of rotatable bonds is 4. The molecule has 0 aromatic carbocycles. The van der Waals surface area contributed by atoms with Gasteiger partial charge in [-0.3, -0.25) is 0 Å². The van der Waals surface area contributed by atoms with Gasteiger partial charge in [-0.05, 0) is 12.8 Å². The molecule has 1 saturated carbocycles. The normalized spacial score (nSPS) is 23.8. The zero-order chi connectivity index (χ0) is 10.0. The number of urea groups is 1. The molecule has 0 atom stereocenters. The third-order valence-corrected chi connectivity index (χ3v) is 2.69. The Labute approximate surface area is 82.8 Å². The highest BCUT2D eigenvalue weighted by Gasteiger charge is 2.38. The third kappa shape index (κ3) is 2.16. The van der Waals surface area contributed by atoms with Crippen molar-refractivity contribution in [3.05, 3.63) is 0 Å². The van der Waals surface area contributed by atoms with Gasteiger partial charge in [-0.1, -0.05) is 0 Å². The number of hydrogen-bond donors (Lipinski definition) is 3.